The van der Waals surface area contributed by atoms with Crippen molar-refractivity contribution in [3.63, 3.8) is 0 Å². The summed E-state index contributed by atoms with van der Waals surface area (Å²) in [5.41, 5.74) is -3.96. The van der Waals surface area contributed by atoms with Crippen molar-refractivity contribution < 1.29 is 26.3 Å². The van der Waals surface area contributed by atoms with E-state index in [9.17, 15) is 31.1 Å². The summed E-state index contributed by atoms with van der Waals surface area (Å²) in [4.78, 5) is 20.5. The first kappa shape index (κ1) is 21.6. The average molecular weight is 507 g/mol. The molecule has 0 bridgehead atoms. The van der Waals surface area contributed by atoms with Crippen molar-refractivity contribution in [2.24, 2.45) is 0 Å². The number of aromatic nitrogens is 3. The molecule has 0 radical (unpaired) electrons. The van der Waals surface area contributed by atoms with Gasteiger partial charge in [0, 0.05) is 18.3 Å². The summed E-state index contributed by atoms with van der Waals surface area (Å²) in [5, 5.41) is 2.83. The van der Waals surface area contributed by atoms with Crippen molar-refractivity contribution in [3.05, 3.63) is 62.5 Å². The van der Waals surface area contributed by atoms with Crippen LogP contribution in [0, 0.1) is 5.82 Å². The van der Waals surface area contributed by atoms with Gasteiger partial charge < -0.3 is 5.32 Å². The van der Waals surface area contributed by atoms with Crippen LogP contribution in [0.5, 0.6) is 0 Å². The minimum atomic E-state index is -4.63. The van der Waals surface area contributed by atoms with E-state index >= 15 is 0 Å². The number of benzene rings is 1. The zero-order valence-electron chi connectivity index (χ0n) is 15.5. The van der Waals surface area contributed by atoms with Crippen molar-refractivity contribution >= 4 is 32.7 Å². The Labute approximate surface area is 179 Å². The van der Waals surface area contributed by atoms with E-state index in [2.05, 4.69) is 31.2 Å². The largest absolute Gasteiger partial charge is 0.412 e. The van der Waals surface area contributed by atoms with Gasteiger partial charge in [-0.05, 0) is 28.8 Å². The first-order valence-electron chi connectivity index (χ1n) is 8.99. The molecule has 1 N–H and O–H groups in total. The molecule has 0 spiro atoms. The number of nitrogens with one attached hydrogen (secondary N) is 1. The second-order valence-corrected chi connectivity index (χ2v) is 7.90. The minimum absolute atomic E-state index is 0.0271. The van der Waals surface area contributed by atoms with Gasteiger partial charge in [-0.25, -0.2) is 23.1 Å². The van der Waals surface area contributed by atoms with Crippen LogP contribution in [-0.2, 0) is 12.1 Å². The Morgan fingerprint density at radius 1 is 1.23 bits per heavy atom. The monoisotopic (exact) mass is 506 g/mol. The van der Waals surface area contributed by atoms with Crippen LogP contribution in [0.2, 0.25) is 0 Å². The average Bonchev–Trinajstić information content (AvgIpc) is 3.51. The standard InChI is InChI=1S/C19H13BrF6N4O/c20-12-14-11(7-30(17(12)31)18(4-5-18)19(24,25)26)16(29-8-28-14)27-6-9-2-1-3-10(13(9)21)15(22)23/h1-3,7-8,15H,4-6H2,(H,27,28,29). The highest BCUT2D eigenvalue weighted by Crippen LogP contribution is 2.55. The molecule has 164 valence electrons. The van der Waals surface area contributed by atoms with Gasteiger partial charge in [0.05, 0.1) is 16.5 Å². The lowest BCUT2D eigenvalue weighted by Gasteiger charge is -2.23. The molecule has 3 aromatic rings. The van der Waals surface area contributed by atoms with Gasteiger partial charge in [-0.1, -0.05) is 18.2 Å². The zero-order chi connectivity index (χ0) is 22.6. The fraction of sp³-hybridized carbons (Fsp3) is 0.316. The Balaban J connectivity index is 1.77. The highest BCUT2D eigenvalue weighted by Gasteiger charge is 2.65. The molecule has 1 saturated carbocycles. The molecular formula is C19H13BrF6N4O. The van der Waals surface area contributed by atoms with Crippen molar-refractivity contribution in [2.75, 3.05) is 5.32 Å². The summed E-state index contributed by atoms with van der Waals surface area (Å²) in [6, 6.07) is 3.53. The lowest BCUT2D eigenvalue weighted by atomic mass is 10.1. The topological polar surface area (TPSA) is 59.8 Å². The first-order chi connectivity index (χ1) is 14.6. The fourth-order valence-electron chi connectivity index (χ4n) is 3.41. The molecular weight excluding hydrogens is 494 g/mol. The maximum absolute atomic E-state index is 14.3. The van der Waals surface area contributed by atoms with E-state index in [-0.39, 0.29) is 46.1 Å². The molecule has 0 saturated heterocycles. The Hall–Kier alpha value is -2.63. The maximum Gasteiger partial charge on any atom is 0.412 e. The molecule has 0 amide bonds. The number of rotatable bonds is 5. The predicted molar refractivity (Wildman–Crippen MR) is 103 cm³/mol. The summed E-state index contributed by atoms with van der Waals surface area (Å²) in [6.07, 6.45) is -6.00. The molecule has 0 unspecified atom stereocenters. The summed E-state index contributed by atoms with van der Waals surface area (Å²) in [6.45, 7) is -0.264. The van der Waals surface area contributed by atoms with Gasteiger partial charge in [-0.2, -0.15) is 13.2 Å². The number of hydrogen-bond acceptors (Lipinski definition) is 4. The second kappa shape index (κ2) is 7.50. The smallest absolute Gasteiger partial charge is 0.365 e. The Morgan fingerprint density at radius 3 is 2.55 bits per heavy atom. The number of nitrogens with zero attached hydrogens (tertiary/aromatic N) is 3. The summed E-state index contributed by atoms with van der Waals surface area (Å²) in [7, 11) is 0. The van der Waals surface area contributed by atoms with Crippen LogP contribution in [0.4, 0.5) is 32.2 Å². The molecule has 31 heavy (non-hydrogen) atoms. The Morgan fingerprint density at radius 2 is 1.94 bits per heavy atom. The first-order valence-corrected chi connectivity index (χ1v) is 9.78. The Kier molecular flexibility index (Phi) is 5.23. The van der Waals surface area contributed by atoms with Crippen LogP contribution in [0.25, 0.3) is 10.9 Å². The SMILES string of the molecule is O=c1c(Br)c2ncnc(NCc3cccc(C(F)F)c3F)c2cn1C1(C(F)(F)F)CC1. The molecule has 5 nitrogen and oxygen atoms in total. The van der Waals surface area contributed by atoms with Crippen molar-refractivity contribution in [2.45, 2.75) is 37.5 Å². The van der Waals surface area contributed by atoms with Gasteiger partial charge in [0.25, 0.3) is 12.0 Å². The van der Waals surface area contributed by atoms with Gasteiger partial charge in [-0.3, -0.25) is 9.36 Å². The highest BCUT2D eigenvalue weighted by molar-refractivity contribution is 9.10. The Bertz CT molecular complexity index is 1220. The van der Waals surface area contributed by atoms with Gasteiger partial charge in [-0.15, -0.1) is 0 Å². The molecule has 4 rings (SSSR count). The van der Waals surface area contributed by atoms with Crippen molar-refractivity contribution in [3.8, 4) is 0 Å². The number of hydrogen-bond donors (Lipinski definition) is 1. The minimum Gasteiger partial charge on any atom is -0.365 e. The van der Waals surface area contributed by atoms with E-state index < -0.39 is 35.1 Å². The molecule has 1 fully saturated rings. The van der Waals surface area contributed by atoms with E-state index in [0.29, 0.717) is 4.57 Å². The molecule has 1 aromatic carbocycles. The normalized spacial score (nSPS) is 15.5. The van der Waals surface area contributed by atoms with Crippen LogP contribution in [0.1, 0.15) is 30.4 Å². The zero-order valence-corrected chi connectivity index (χ0v) is 17.1. The lowest BCUT2D eigenvalue weighted by Crippen LogP contribution is -2.41. The quantitative estimate of drug-likeness (QED) is 0.477. The number of anilines is 1. The van der Waals surface area contributed by atoms with E-state index in [1.807, 2.05) is 0 Å². The molecule has 12 heteroatoms. The molecule has 1 aliphatic rings. The van der Waals surface area contributed by atoms with Crippen molar-refractivity contribution in [1.29, 1.82) is 0 Å². The number of pyridine rings is 1. The molecule has 0 aliphatic heterocycles. The van der Waals surface area contributed by atoms with E-state index in [0.717, 1.165) is 18.6 Å². The maximum atomic E-state index is 14.3. The second-order valence-electron chi connectivity index (χ2n) is 7.11. The van der Waals surface area contributed by atoms with Gasteiger partial charge in [0.2, 0.25) is 0 Å². The number of alkyl halides is 5. The summed E-state index contributed by atoms with van der Waals surface area (Å²) >= 11 is 3.02. The van der Waals surface area contributed by atoms with Crippen LogP contribution < -0.4 is 10.9 Å². The summed E-state index contributed by atoms with van der Waals surface area (Å²) < 4.78 is 81.3. The van der Waals surface area contributed by atoms with Crippen LogP contribution in [0.15, 0.2) is 40.0 Å². The van der Waals surface area contributed by atoms with E-state index in [1.54, 1.807) is 0 Å². The third-order valence-electron chi connectivity index (χ3n) is 5.26. The van der Waals surface area contributed by atoms with Crippen LogP contribution in [0.3, 0.4) is 0 Å². The third-order valence-corrected chi connectivity index (χ3v) is 5.97. The molecule has 2 heterocycles. The van der Waals surface area contributed by atoms with Crippen molar-refractivity contribution in [1.82, 2.24) is 14.5 Å². The molecule has 1 aliphatic carbocycles. The van der Waals surface area contributed by atoms with Crippen LogP contribution >= 0.6 is 15.9 Å². The predicted octanol–water partition coefficient (Wildman–Crippen LogP) is 5.29. The lowest BCUT2D eigenvalue weighted by molar-refractivity contribution is -0.180. The fourth-order valence-corrected chi connectivity index (χ4v) is 3.92. The van der Waals surface area contributed by atoms with Gasteiger partial charge >= 0.3 is 6.18 Å². The number of halogens is 7. The molecule has 0 atom stereocenters. The number of fused-ring (bicyclic) bond motifs is 1. The highest BCUT2D eigenvalue weighted by atomic mass is 79.9. The van der Waals surface area contributed by atoms with Gasteiger partial charge in [0.1, 0.15) is 28.0 Å². The van der Waals surface area contributed by atoms with E-state index in [1.165, 1.54) is 12.1 Å². The van der Waals surface area contributed by atoms with E-state index in [4.69, 9.17) is 0 Å². The van der Waals surface area contributed by atoms with Gasteiger partial charge in [0.15, 0.2) is 0 Å². The van der Waals surface area contributed by atoms with Crippen LogP contribution in [-0.4, -0.2) is 20.7 Å². The molecule has 2 aromatic heterocycles. The third kappa shape index (κ3) is 3.56. The summed E-state index contributed by atoms with van der Waals surface area (Å²) in [5.74, 6) is -1.06.